The smallest absolute Gasteiger partial charge is 0.119 e. The van der Waals surface area contributed by atoms with E-state index in [9.17, 15) is 0 Å². The van der Waals surface area contributed by atoms with Crippen molar-refractivity contribution in [2.75, 3.05) is 19.6 Å². The van der Waals surface area contributed by atoms with Gasteiger partial charge in [-0.15, -0.1) is 11.6 Å². The highest BCUT2D eigenvalue weighted by molar-refractivity contribution is 6.18. The Balaban J connectivity index is 2.26. The van der Waals surface area contributed by atoms with Crippen LogP contribution in [0.3, 0.4) is 0 Å². The molecule has 0 saturated heterocycles. The number of benzene rings is 2. The molecule has 0 amide bonds. The molecule has 2 nitrogen and oxygen atoms in total. The first-order valence-electron chi connectivity index (χ1n) is 5.77. The van der Waals surface area contributed by atoms with Crippen LogP contribution in [-0.2, 0) is 0 Å². The lowest BCUT2D eigenvalue weighted by Gasteiger charge is -2.08. The molecule has 0 aliphatic carbocycles. The summed E-state index contributed by atoms with van der Waals surface area (Å²) in [5.41, 5.74) is 2.20. The van der Waals surface area contributed by atoms with Crippen LogP contribution in [0.25, 0.3) is 11.1 Å². The zero-order chi connectivity index (χ0) is 12.8. The quantitative estimate of drug-likeness (QED) is 0.759. The van der Waals surface area contributed by atoms with Gasteiger partial charge >= 0.3 is 0 Å². The van der Waals surface area contributed by atoms with Crippen LogP contribution in [0.1, 0.15) is 0 Å². The maximum Gasteiger partial charge on any atom is 0.119 e. The van der Waals surface area contributed by atoms with Crippen LogP contribution in [0.2, 0.25) is 0 Å². The van der Waals surface area contributed by atoms with Gasteiger partial charge in [0.2, 0.25) is 0 Å². The normalized spacial score (nSPS) is 10.1. The summed E-state index contributed by atoms with van der Waals surface area (Å²) in [7, 11) is 1.67. The van der Waals surface area contributed by atoms with Crippen LogP contribution < -0.4 is 9.47 Å². The van der Waals surface area contributed by atoms with Crippen molar-refractivity contribution in [3.63, 3.8) is 0 Å². The summed E-state index contributed by atoms with van der Waals surface area (Å²) in [5.74, 6) is 2.17. The first-order valence-corrected chi connectivity index (χ1v) is 6.30. The summed E-state index contributed by atoms with van der Waals surface area (Å²) in [4.78, 5) is 0. The van der Waals surface area contributed by atoms with Crippen LogP contribution in [0, 0.1) is 0 Å². The van der Waals surface area contributed by atoms with Crippen molar-refractivity contribution in [2.45, 2.75) is 0 Å². The lowest BCUT2D eigenvalue weighted by Crippen LogP contribution is -1.97. The minimum absolute atomic E-state index is 0.489. The Bertz CT molecular complexity index is 511. The molecule has 94 valence electrons. The van der Waals surface area contributed by atoms with E-state index in [-0.39, 0.29) is 0 Å². The van der Waals surface area contributed by atoms with Crippen LogP contribution in [0.15, 0.2) is 48.5 Å². The molecule has 0 radical (unpaired) electrons. The van der Waals surface area contributed by atoms with E-state index in [2.05, 4.69) is 0 Å². The van der Waals surface area contributed by atoms with E-state index in [1.54, 1.807) is 7.11 Å². The van der Waals surface area contributed by atoms with Crippen molar-refractivity contribution < 1.29 is 9.47 Å². The Morgan fingerprint density at radius 2 is 1.56 bits per heavy atom. The van der Waals surface area contributed by atoms with Crippen molar-refractivity contribution in [2.24, 2.45) is 0 Å². The monoisotopic (exact) mass is 262 g/mol. The van der Waals surface area contributed by atoms with Gasteiger partial charge in [0.25, 0.3) is 0 Å². The number of ether oxygens (including phenoxy) is 2. The minimum Gasteiger partial charge on any atom is -0.497 e. The largest absolute Gasteiger partial charge is 0.497 e. The molecular formula is C15H15ClO2. The Morgan fingerprint density at radius 3 is 2.17 bits per heavy atom. The van der Waals surface area contributed by atoms with Gasteiger partial charge in [0.1, 0.15) is 18.1 Å². The van der Waals surface area contributed by atoms with Crippen molar-refractivity contribution in [1.29, 1.82) is 0 Å². The maximum atomic E-state index is 5.61. The Hall–Kier alpha value is -1.67. The molecule has 18 heavy (non-hydrogen) atoms. The Morgan fingerprint density at radius 1 is 0.944 bits per heavy atom. The molecule has 0 atom stereocenters. The molecule has 0 saturated carbocycles. The molecule has 3 heteroatoms. The number of halogens is 1. The van der Waals surface area contributed by atoms with E-state index in [0.717, 1.165) is 22.6 Å². The first-order chi connectivity index (χ1) is 8.83. The van der Waals surface area contributed by atoms with Crippen molar-refractivity contribution >= 4 is 11.6 Å². The van der Waals surface area contributed by atoms with Crippen molar-refractivity contribution in [3.05, 3.63) is 48.5 Å². The van der Waals surface area contributed by atoms with Gasteiger partial charge in [0.05, 0.1) is 13.0 Å². The molecule has 0 heterocycles. The molecule has 2 rings (SSSR count). The van der Waals surface area contributed by atoms with E-state index >= 15 is 0 Å². The predicted molar refractivity (Wildman–Crippen MR) is 74.6 cm³/mol. The third-order valence-electron chi connectivity index (χ3n) is 2.58. The van der Waals surface area contributed by atoms with E-state index in [0.29, 0.717) is 12.5 Å². The number of hydrogen-bond acceptors (Lipinski definition) is 2. The van der Waals surface area contributed by atoms with Gasteiger partial charge in [-0.3, -0.25) is 0 Å². The topological polar surface area (TPSA) is 18.5 Å². The summed E-state index contributed by atoms with van der Waals surface area (Å²) in [6.45, 7) is 0.517. The van der Waals surface area contributed by atoms with Crippen molar-refractivity contribution in [1.82, 2.24) is 0 Å². The van der Waals surface area contributed by atoms with Gasteiger partial charge < -0.3 is 9.47 Å². The van der Waals surface area contributed by atoms with Gasteiger partial charge in [-0.25, -0.2) is 0 Å². The van der Waals surface area contributed by atoms with Crippen LogP contribution in [0.4, 0.5) is 0 Å². The average Bonchev–Trinajstić information content (AvgIpc) is 2.45. The van der Waals surface area contributed by atoms with Gasteiger partial charge in [0.15, 0.2) is 0 Å². The summed E-state index contributed by atoms with van der Waals surface area (Å²) in [6, 6.07) is 15.9. The van der Waals surface area contributed by atoms with E-state index in [4.69, 9.17) is 21.1 Å². The van der Waals surface area contributed by atoms with Crippen LogP contribution in [0.5, 0.6) is 11.5 Å². The fraction of sp³-hybridized carbons (Fsp3) is 0.200. The summed E-state index contributed by atoms with van der Waals surface area (Å²) in [5, 5.41) is 0. The third-order valence-corrected chi connectivity index (χ3v) is 2.74. The van der Waals surface area contributed by atoms with Crippen LogP contribution >= 0.6 is 11.6 Å². The third kappa shape index (κ3) is 3.17. The number of rotatable bonds is 5. The summed E-state index contributed by atoms with van der Waals surface area (Å²) >= 11 is 5.61. The van der Waals surface area contributed by atoms with Gasteiger partial charge in [0, 0.05) is 0 Å². The molecule has 2 aromatic rings. The summed E-state index contributed by atoms with van der Waals surface area (Å²) < 4.78 is 10.7. The molecule has 0 fully saturated rings. The second-order valence-electron chi connectivity index (χ2n) is 3.80. The lowest BCUT2D eigenvalue weighted by atomic mass is 10.1. The Kier molecular flexibility index (Phi) is 4.48. The fourth-order valence-electron chi connectivity index (χ4n) is 1.72. The molecule has 0 aliphatic heterocycles. The lowest BCUT2D eigenvalue weighted by molar-refractivity contribution is 0.343. The number of alkyl halides is 1. The van der Waals surface area contributed by atoms with Gasteiger partial charge in [-0.05, 0) is 35.4 Å². The molecule has 0 N–H and O–H groups in total. The second kappa shape index (κ2) is 6.31. The molecule has 0 aliphatic rings. The van der Waals surface area contributed by atoms with Gasteiger partial charge in [-0.2, -0.15) is 0 Å². The second-order valence-corrected chi connectivity index (χ2v) is 4.18. The predicted octanol–water partition coefficient (Wildman–Crippen LogP) is 3.98. The highest BCUT2D eigenvalue weighted by atomic mass is 35.5. The van der Waals surface area contributed by atoms with E-state index < -0.39 is 0 Å². The minimum atomic E-state index is 0.489. The molecule has 0 bridgehead atoms. The standard InChI is InChI=1S/C15H15ClO2/c1-17-14-6-2-4-12(10-14)13-5-3-7-15(11-13)18-9-8-16/h2-7,10-11H,8-9H2,1H3. The SMILES string of the molecule is COc1cccc(-c2cccc(OCCCl)c2)c1. The molecule has 0 aromatic heterocycles. The zero-order valence-corrected chi connectivity index (χ0v) is 11.0. The molecule has 2 aromatic carbocycles. The van der Waals surface area contributed by atoms with E-state index in [1.807, 2.05) is 48.5 Å². The van der Waals surface area contributed by atoms with Crippen LogP contribution in [-0.4, -0.2) is 19.6 Å². The fourth-order valence-corrected chi connectivity index (χ4v) is 1.80. The first kappa shape index (κ1) is 12.8. The molecule has 0 spiro atoms. The average molecular weight is 263 g/mol. The highest BCUT2D eigenvalue weighted by Crippen LogP contribution is 2.26. The van der Waals surface area contributed by atoms with Gasteiger partial charge in [-0.1, -0.05) is 24.3 Å². The number of methoxy groups -OCH3 is 1. The Labute approximate surface area is 112 Å². The number of hydrogen-bond donors (Lipinski definition) is 0. The highest BCUT2D eigenvalue weighted by Gasteiger charge is 2.01. The van der Waals surface area contributed by atoms with E-state index in [1.165, 1.54) is 0 Å². The summed E-state index contributed by atoms with van der Waals surface area (Å²) in [6.07, 6.45) is 0. The molecular weight excluding hydrogens is 248 g/mol. The molecule has 0 unspecified atom stereocenters. The zero-order valence-electron chi connectivity index (χ0n) is 10.2. The maximum absolute atomic E-state index is 5.61. The van der Waals surface area contributed by atoms with Crippen molar-refractivity contribution in [3.8, 4) is 22.6 Å².